The average molecular weight is 491 g/mol. The highest BCUT2D eigenvalue weighted by atomic mass is 19.4. The van der Waals surface area contributed by atoms with Crippen molar-refractivity contribution >= 4 is 6.09 Å². The first-order valence-electron chi connectivity index (χ1n) is 10.6. The van der Waals surface area contributed by atoms with Crippen LogP contribution in [0.25, 0.3) is 11.1 Å². The number of nitrogens with one attached hydrogen (secondary N) is 1. The van der Waals surface area contributed by atoms with Crippen LogP contribution in [0.1, 0.15) is 28.7 Å². The number of alkyl carbamates (subject to hydrolysis) is 1. The maximum absolute atomic E-state index is 14.1. The van der Waals surface area contributed by atoms with Crippen molar-refractivity contribution < 1.29 is 42.0 Å². The van der Waals surface area contributed by atoms with Crippen LogP contribution in [-0.2, 0) is 4.74 Å². The Morgan fingerprint density at radius 2 is 1.57 bits per heavy atom. The molecule has 0 aromatic heterocycles. The van der Waals surface area contributed by atoms with E-state index in [9.17, 15) is 32.6 Å². The molecule has 1 aliphatic rings. The van der Waals surface area contributed by atoms with Crippen molar-refractivity contribution in [2.75, 3.05) is 13.2 Å². The normalized spacial score (nSPS) is 14.6. The fraction of sp³-hybridized carbons (Fsp3) is 0.240. The molecule has 2 unspecified atom stereocenters. The smallest absolute Gasteiger partial charge is 0.449 e. The second-order valence-electron chi connectivity index (χ2n) is 7.95. The first kappa shape index (κ1) is 24.5. The zero-order valence-electron chi connectivity index (χ0n) is 18.1. The van der Waals surface area contributed by atoms with Crippen LogP contribution in [0.2, 0.25) is 0 Å². The van der Waals surface area contributed by atoms with Gasteiger partial charge in [0.15, 0.2) is 0 Å². The van der Waals surface area contributed by atoms with Crippen LogP contribution >= 0.6 is 0 Å². The monoisotopic (exact) mass is 491 g/mol. The fourth-order valence-corrected chi connectivity index (χ4v) is 4.10. The summed E-state index contributed by atoms with van der Waals surface area (Å²) in [5.74, 6) is -2.19. The van der Waals surface area contributed by atoms with Gasteiger partial charge in [0.2, 0.25) is 0 Å². The number of carbonyl (C=O) groups excluding carboxylic acids is 1. The molecule has 0 saturated heterocycles. The van der Waals surface area contributed by atoms with Gasteiger partial charge in [0, 0.05) is 24.1 Å². The minimum Gasteiger partial charge on any atom is -0.449 e. The summed E-state index contributed by atoms with van der Waals surface area (Å²) in [6, 6.07) is 17.7. The highest BCUT2D eigenvalue weighted by Crippen LogP contribution is 2.44. The second-order valence-corrected chi connectivity index (χ2v) is 7.95. The number of hydrogen-bond donors (Lipinski definition) is 3. The van der Waals surface area contributed by atoms with E-state index < -0.39 is 48.3 Å². The molecule has 1 amide bonds. The number of fused-ring (bicyclic) bond motifs is 3. The lowest BCUT2D eigenvalue weighted by Gasteiger charge is -2.20. The first-order chi connectivity index (χ1) is 16.6. The van der Waals surface area contributed by atoms with E-state index in [4.69, 9.17) is 4.74 Å². The number of alkyl halides is 3. The number of hydrogen-bond acceptors (Lipinski definition) is 5. The van der Waals surface area contributed by atoms with E-state index >= 15 is 0 Å². The van der Waals surface area contributed by atoms with Gasteiger partial charge in [0.25, 0.3) is 0 Å². The first-order valence-corrected chi connectivity index (χ1v) is 10.6. The molecule has 3 N–H and O–H groups in total. The summed E-state index contributed by atoms with van der Waals surface area (Å²) in [4.78, 5) is 12.2. The molecule has 184 valence electrons. The number of ether oxygens (including phenoxy) is 2. The maximum atomic E-state index is 14.1. The Labute approximate surface area is 197 Å². The molecule has 3 aromatic rings. The summed E-state index contributed by atoms with van der Waals surface area (Å²) in [5.41, 5.74) is 3.70. The molecule has 1 aliphatic carbocycles. The van der Waals surface area contributed by atoms with Crippen LogP contribution in [0.5, 0.6) is 5.75 Å². The second kappa shape index (κ2) is 9.93. The molecular weight excluding hydrogens is 470 g/mol. The van der Waals surface area contributed by atoms with E-state index in [1.165, 1.54) is 0 Å². The number of halogens is 4. The fourth-order valence-electron chi connectivity index (χ4n) is 4.10. The summed E-state index contributed by atoms with van der Waals surface area (Å²) in [6.45, 7) is -0.452. The van der Waals surface area contributed by atoms with Crippen molar-refractivity contribution in [3.63, 3.8) is 0 Å². The van der Waals surface area contributed by atoms with Gasteiger partial charge in [-0.2, -0.15) is 0 Å². The number of amides is 1. The average Bonchev–Trinajstić information content (AvgIpc) is 3.13. The molecule has 4 rings (SSSR count). The van der Waals surface area contributed by atoms with Gasteiger partial charge in [-0.3, -0.25) is 0 Å². The Kier molecular flexibility index (Phi) is 6.95. The molecule has 0 spiro atoms. The molecule has 10 heteroatoms. The van der Waals surface area contributed by atoms with Crippen LogP contribution in [0.15, 0.2) is 66.7 Å². The zero-order chi connectivity index (χ0) is 25.2. The van der Waals surface area contributed by atoms with E-state index in [0.29, 0.717) is 6.07 Å². The van der Waals surface area contributed by atoms with Crippen LogP contribution < -0.4 is 10.1 Å². The van der Waals surface area contributed by atoms with Gasteiger partial charge in [-0.05, 0) is 34.4 Å². The molecule has 0 saturated carbocycles. The lowest BCUT2D eigenvalue weighted by Crippen LogP contribution is -2.36. The molecule has 0 radical (unpaired) electrons. The Morgan fingerprint density at radius 1 is 0.971 bits per heavy atom. The van der Waals surface area contributed by atoms with Crippen LogP contribution in [0.3, 0.4) is 0 Å². The van der Waals surface area contributed by atoms with Crippen molar-refractivity contribution in [1.29, 1.82) is 0 Å². The molecule has 0 heterocycles. The lowest BCUT2D eigenvalue weighted by molar-refractivity contribution is -0.274. The number of carbonyl (C=O) groups is 1. The molecular formula is C25H21F4NO5. The van der Waals surface area contributed by atoms with E-state index in [1.54, 1.807) is 0 Å². The molecule has 0 bridgehead atoms. The minimum absolute atomic E-state index is 0.0355. The van der Waals surface area contributed by atoms with E-state index in [-0.39, 0.29) is 12.5 Å². The van der Waals surface area contributed by atoms with Gasteiger partial charge in [0.1, 0.15) is 30.4 Å². The zero-order valence-corrected chi connectivity index (χ0v) is 18.1. The van der Waals surface area contributed by atoms with Crippen molar-refractivity contribution in [1.82, 2.24) is 5.32 Å². The Bertz CT molecular complexity index is 1170. The van der Waals surface area contributed by atoms with Gasteiger partial charge in [-0.25, -0.2) is 9.18 Å². The van der Waals surface area contributed by atoms with Crippen molar-refractivity contribution in [2.45, 2.75) is 24.5 Å². The summed E-state index contributed by atoms with van der Waals surface area (Å²) >= 11 is 0. The lowest BCUT2D eigenvalue weighted by atomic mass is 9.98. The van der Waals surface area contributed by atoms with E-state index in [0.717, 1.165) is 34.4 Å². The predicted octanol–water partition coefficient (Wildman–Crippen LogP) is 4.66. The number of aliphatic hydroxyl groups is 2. The summed E-state index contributed by atoms with van der Waals surface area (Å²) in [7, 11) is 0. The van der Waals surface area contributed by atoms with Gasteiger partial charge < -0.3 is 25.0 Å². The van der Waals surface area contributed by atoms with Crippen LogP contribution in [-0.4, -0.2) is 41.9 Å². The van der Waals surface area contributed by atoms with Crippen molar-refractivity contribution in [3.8, 4) is 16.9 Å². The van der Waals surface area contributed by atoms with Gasteiger partial charge in [0.05, 0.1) is 0 Å². The number of aliphatic hydroxyl groups excluding tert-OH is 2. The van der Waals surface area contributed by atoms with Crippen LogP contribution in [0, 0.1) is 5.82 Å². The minimum atomic E-state index is -5.00. The molecule has 2 atom stereocenters. The van der Waals surface area contributed by atoms with Crippen molar-refractivity contribution in [3.05, 3.63) is 89.2 Å². The summed E-state index contributed by atoms with van der Waals surface area (Å²) in [6.07, 6.45) is -9.32. The topological polar surface area (TPSA) is 88.0 Å². The SMILES string of the molecule is O=C(NCC(O)C(O)c1ccc(OC(F)(F)F)cc1F)OCC1c2ccccc2-c2ccccc21. The quantitative estimate of drug-likeness (QED) is 0.419. The molecule has 3 aromatic carbocycles. The van der Waals surface area contributed by atoms with Crippen molar-refractivity contribution in [2.24, 2.45) is 0 Å². The standard InChI is InChI=1S/C25H21F4NO5/c26-21-11-14(35-25(27,28)29)9-10-19(21)23(32)22(31)12-30-24(33)34-13-20-17-7-3-1-5-15(17)16-6-2-4-8-18(16)20/h1-11,20,22-23,31-32H,12-13H2,(H,30,33). The summed E-state index contributed by atoms with van der Waals surface area (Å²) in [5, 5.41) is 22.6. The molecule has 0 aliphatic heterocycles. The Hall–Kier alpha value is -3.63. The highest BCUT2D eigenvalue weighted by molar-refractivity contribution is 5.79. The van der Waals surface area contributed by atoms with Gasteiger partial charge in [-0.15, -0.1) is 13.2 Å². The third-order valence-electron chi connectivity index (χ3n) is 5.69. The Balaban J connectivity index is 1.32. The van der Waals surface area contributed by atoms with Crippen LogP contribution in [0.4, 0.5) is 22.4 Å². The van der Waals surface area contributed by atoms with E-state index in [2.05, 4.69) is 10.1 Å². The van der Waals surface area contributed by atoms with Gasteiger partial charge in [-0.1, -0.05) is 48.5 Å². The van der Waals surface area contributed by atoms with E-state index in [1.807, 2.05) is 48.5 Å². The number of benzene rings is 3. The number of rotatable bonds is 7. The molecule has 0 fully saturated rings. The molecule has 35 heavy (non-hydrogen) atoms. The third-order valence-corrected chi connectivity index (χ3v) is 5.69. The van der Waals surface area contributed by atoms with Gasteiger partial charge >= 0.3 is 12.5 Å². The summed E-state index contributed by atoms with van der Waals surface area (Å²) < 4.78 is 59.8. The predicted molar refractivity (Wildman–Crippen MR) is 117 cm³/mol. The Morgan fingerprint density at radius 3 is 2.14 bits per heavy atom. The largest absolute Gasteiger partial charge is 0.573 e. The maximum Gasteiger partial charge on any atom is 0.573 e. The third kappa shape index (κ3) is 5.55. The highest BCUT2D eigenvalue weighted by Gasteiger charge is 2.32. The molecule has 6 nitrogen and oxygen atoms in total.